The van der Waals surface area contributed by atoms with Crippen LogP contribution >= 0.6 is 34.8 Å². The molecule has 0 aliphatic carbocycles. The number of nitrogens with zero attached hydrogens (tertiary/aromatic N) is 2. The van der Waals surface area contributed by atoms with E-state index in [4.69, 9.17) is 34.8 Å². The zero-order valence-corrected chi connectivity index (χ0v) is 12.8. The Morgan fingerprint density at radius 1 is 1.05 bits per heavy atom. The molecule has 3 aromatic rings. The highest BCUT2D eigenvalue weighted by Gasteiger charge is 2.14. The highest BCUT2D eigenvalue weighted by molar-refractivity contribution is 6.35. The molecule has 0 unspecified atom stereocenters. The minimum absolute atomic E-state index is 0.501. The first-order chi connectivity index (χ1) is 9.70. The van der Waals surface area contributed by atoms with Crippen LogP contribution in [0.15, 0.2) is 42.5 Å². The number of imidazole rings is 1. The fourth-order valence-electron chi connectivity index (χ4n) is 2.27. The topological polar surface area (TPSA) is 17.8 Å². The van der Waals surface area contributed by atoms with Gasteiger partial charge in [0.25, 0.3) is 0 Å². The number of hydrogen-bond acceptors (Lipinski definition) is 1. The lowest BCUT2D eigenvalue weighted by Gasteiger charge is -2.09. The van der Waals surface area contributed by atoms with Crippen LogP contribution in [0.1, 0.15) is 5.82 Å². The van der Waals surface area contributed by atoms with Crippen molar-refractivity contribution in [1.82, 2.24) is 9.55 Å². The molecule has 0 spiro atoms. The minimum Gasteiger partial charge on any atom is -0.296 e. The second kappa shape index (κ2) is 5.65. The van der Waals surface area contributed by atoms with E-state index >= 15 is 0 Å². The maximum absolute atomic E-state index is 6.23. The molecule has 3 rings (SSSR count). The van der Waals surface area contributed by atoms with Crippen molar-refractivity contribution < 1.29 is 0 Å². The van der Waals surface area contributed by atoms with Gasteiger partial charge in [-0.3, -0.25) is 4.57 Å². The third kappa shape index (κ3) is 2.39. The predicted molar refractivity (Wildman–Crippen MR) is 85.5 cm³/mol. The van der Waals surface area contributed by atoms with Crippen LogP contribution in [0.4, 0.5) is 0 Å². The average Bonchev–Trinajstić information content (AvgIpc) is 2.79. The molecule has 5 heteroatoms. The van der Waals surface area contributed by atoms with Gasteiger partial charge < -0.3 is 0 Å². The molecular formula is C15H11Cl3N2. The van der Waals surface area contributed by atoms with E-state index in [1.165, 1.54) is 0 Å². The van der Waals surface area contributed by atoms with E-state index in [1.54, 1.807) is 0 Å². The zero-order valence-electron chi connectivity index (χ0n) is 10.5. The number of alkyl halides is 1. The van der Waals surface area contributed by atoms with Gasteiger partial charge in [0.2, 0.25) is 0 Å². The van der Waals surface area contributed by atoms with Gasteiger partial charge in [-0.25, -0.2) is 4.98 Å². The van der Waals surface area contributed by atoms with E-state index in [0.717, 1.165) is 22.5 Å². The monoisotopic (exact) mass is 324 g/mol. The molecule has 0 saturated heterocycles. The molecule has 0 atom stereocenters. The number of aromatic nitrogens is 2. The molecule has 0 radical (unpaired) electrons. The van der Waals surface area contributed by atoms with Gasteiger partial charge in [-0.2, -0.15) is 0 Å². The first-order valence-electron chi connectivity index (χ1n) is 6.18. The first-order valence-corrected chi connectivity index (χ1v) is 7.47. The van der Waals surface area contributed by atoms with Crippen molar-refractivity contribution in [3.05, 3.63) is 58.3 Å². The van der Waals surface area contributed by atoms with Crippen molar-refractivity contribution in [1.29, 1.82) is 0 Å². The molecule has 0 aliphatic heterocycles. The van der Waals surface area contributed by atoms with E-state index in [2.05, 4.69) is 9.55 Å². The highest BCUT2D eigenvalue weighted by Crippen LogP contribution is 2.28. The standard InChI is InChI=1S/C15H11Cl3N2/c16-8-7-14-19-15-12(18)5-2-6-13(15)20(14)11-4-1-3-10(17)9-11/h1-6,9H,7-8H2. The maximum Gasteiger partial charge on any atom is 0.115 e. The smallest absolute Gasteiger partial charge is 0.115 e. The van der Waals surface area contributed by atoms with Crippen LogP contribution in [0.2, 0.25) is 10.0 Å². The summed E-state index contributed by atoms with van der Waals surface area (Å²) in [5.41, 5.74) is 2.71. The van der Waals surface area contributed by atoms with E-state index in [9.17, 15) is 0 Å². The zero-order chi connectivity index (χ0) is 14.1. The third-order valence-corrected chi connectivity index (χ3v) is 3.82. The van der Waals surface area contributed by atoms with Gasteiger partial charge >= 0.3 is 0 Å². The lowest BCUT2D eigenvalue weighted by atomic mass is 10.2. The molecule has 0 N–H and O–H groups in total. The van der Waals surface area contributed by atoms with Crippen LogP contribution < -0.4 is 0 Å². The summed E-state index contributed by atoms with van der Waals surface area (Å²) in [5, 5.41) is 1.32. The molecule has 2 nitrogen and oxygen atoms in total. The highest BCUT2D eigenvalue weighted by atomic mass is 35.5. The molecule has 1 heterocycles. The molecular weight excluding hydrogens is 315 g/mol. The number of hydrogen-bond donors (Lipinski definition) is 0. The second-order valence-corrected chi connectivity index (χ2v) is 5.61. The SMILES string of the molecule is ClCCc1nc2c(Cl)cccc2n1-c1cccc(Cl)c1. The lowest BCUT2D eigenvalue weighted by Crippen LogP contribution is -2.02. The predicted octanol–water partition coefficient (Wildman–Crippen LogP) is 5.11. The van der Waals surface area contributed by atoms with Gasteiger partial charge in [-0.1, -0.05) is 35.3 Å². The van der Waals surface area contributed by atoms with Crippen LogP contribution in [0.5, 0.6) is 0 Å². The lowest BCUT2D eigenvalue weighted by molar-refractivity contribution is 0.912. The number of rotatable bonds is 3. The van der Waals surface area contributed by atoms with Crippen molar-refractivity contribution in [3.8, 4) is 5.69 Å². The summed E-state index contributed by atoms with van der Waals surface area (Å²) in [7, 11) is 0. The molecule has 2 aromatic carbocycles. The summed E-state index contributed by atoms with van der Waals surface area (Å²) in [6.45, 7) is 0. The molecule has 102 valence electrons. The summed E-state index contributed by atoms with van der Waals surface area (Å²) in [6.07, 6.45) is 0.666. The molecule has 0 saturated carbocycles. The Morgan fingerprint density at radius 3 is 2.60 bits per heavy atom. The van der Waals surface area contributed by atoms with Crippen LogP contribution in [0.3, 0.4) is 0 Å². The number of aryl methyl sites for hydroxylation is 1. The van der Waals surface area contributed by atoms with Gasteiger partial charge in [-0.05, 0) is 30.3 Å². The normalized spacial score (nSPS) is 11.2. The Labute approximate surface area is 131 Å². The summed E-state index contributed by atoms with van der Waals surface area (Å²) < 4.78 is 2.05. The van der Waals surface area contributed by atoms with Gasteiger partial charge in [0.15, 0.2) is 0 Å². The summed E-state index contributed by atoms with van der Waals surface area (Å²) in [5.74, 6) is 1.38. The number of benzene rings is 2. The Hall–Kier alpha value is -1.22. The van der Waals surface area contributed by atoms with Crippen molar-refractivity contribution in [2.45, 2.75) is 6.42 Å². The van der Waals surface area contributed by atoms with Crippen molar-refractivity contribution in [2.75, 3.05) is 5.88 Å². The Morgan fingerprint density at radius 2 is 1.85 bits per heavy atom. The largest absolute Gasteiger partial charge is 0.296 e. The van der Waals surface area contributed by atoms with Crippen molar-refractivity contribution in [2.24, 2.45) is 0 Å². The maximum atomic E-state index is 6.23. The number of fused-ring (bicyclic) bond motifs is 1. The van der Waals surface area contributed by atoms with Gasteiger partial charge in [0, 0.05) is 23.0 Å². The quantitative estimate of drug-likeness (QED) is 0.612. The number of halogens is 3. The first kappa shape index (κ1) is 13.7. The van der Waals surface area contributed by atoms with Gasteiger partial charge in [-0.15, -0.1) is 11.6 Å². The molecule has 20 heavy (non-hydrogen) atoms. The van der Waals surface area contributed by atoms with E-state index in [0.29, 0.717) is 22.3 Å². The van der Waals surface area contributed by atoms with E-state index in [1.807, 2.05) is 42.5 Å². The third-order valence-electron chi connectivity index (χ3n) is 3.09. The minimum atomic E-state index is 0.501. The fraction of sp³-hybridized carbons (Fsp3) is 0.133. The van der Waals surface area contributed by atoms with E-state index in [-0.39, 0.29) is 0 Å². The Kier molecular flexibility index (Phi) is 3.88. The second-order valence-electron chi connectivity index (χ2n) is 4.39. The van der Waals surface area contributed by atoms with Crippen molar-refractivity contribution >= 4 is 45.8 Å². The van der Waals surface area contributed by atoms with Crippen LogP contribution in [0, 0.1) is 0 Å². The van der Waals surface area contributed by atoms with Crippen molar-refractivity contribution in [3.63, 3.8) is 0 Å². The summed E-state index contributed by atoms with van der Waals surface area (Å²) in [6, 6.07) is 13.4. The number of para-hydroxylation sites is 1. The fourth-order valence-corrected chi connectivity index (χ4v) is 2.83. The van der Waals surface area contributed by atoms with Crippen LogP contribution in [-0.2, 0) is 6.42 Å². The molecule has 0 aliphatic rings. The summed E-state index contributed by atoms with van der Waals surface area (Å²) in [4.78, 5) is 4.61. The molecule has 1 aromatic heterocycles. The average molecular weight is 326 g/mol. The van der Waals surface area contributed by atoms with Crippen LogP contribution in [0.25, 0.3) is 16.7 Å². The Bertz CT molecular complexity index is 765. The van der Waals surface area contributed by atoms with Gasteiger partial charge in [0.1, 0.15) is 11.3 Å². The van der Waals surface area contributed by atoms with Crippen LogP contribution in [-0.4, -0.2) is 15.4 Å². The summed E-state index contributed by atoms with van der Waals surface area (Å²) >= 11 is 18.2. The Balaban J connectivity index is 2.32. The molecule has 0 amide bonds. The molecule has 0 fully saturated rings. The molecule has 0 bridgehead atoms. The van der Waals surface area contributed by atoms with Gasteiger partial charge in [0.05, 0.1) is 10.5 Å². The van der Waals surface area contributed by atoms with E-state index < -0.39 is 0 Å².